The average molecular weight is 781 g/mol. The molecule has 0 aliphatic carbocycles. The van der Waals surface area contributed by atoms with Crippen LogP contribution >= 0.6 is 46.4 Å². The number of nitrogens with zero attached hydrogens (tertiary/aromatic N) is 6. The Morgan fingerprint density at radius 3 is 1.57 bits per heavy atom. The number of rotatable bonds is 14. The Labute approximate surface area is 320 Å². The highest BCUT2D eigenvalue weighted by molar-refractivity contribution is 6.42. The minimum Gasteiger partial charge on any atom is -0.475 e. The first kappa shape index (κ1) is 40.6. The zero-order chi connectivity index (χ0) is 37.2. The molecule has 1 aliphatic heterocycles. The Balaban J connectivity index is 0.000000229. The van der Waals surface area contributed by atoms with Crippen LogP contribution < -0.4 is 9.47 Å². The van der Waals surface area contributed by atoms with Gasteiger partial charge in [0.25, 0.3) is 0 Å². The Morgan fingerprint density at radius 2 is 1.16 bits per heavy atom. The molecule has 14 heteroatoms. The summed E-state index contributed by atoms with van der Waals surface area (Å²) in [4.78, 5) is 28.8. The largest absolute Gasteiger partial charge is 0.475 e. The summed E-state index contributed by atoms with van der Waals surface area (Å²) < 4.78 is 15.0. The van der Waals surface area contributed by atoms with Gasteiger partial charge in [-0.05, 0) is 103 Å². The Bertz CT molecular complexity index is 1810. The molecule has 0 N–H and O–H groups in total. The number of piperidine rings is 1. The van der Waals surface area contributed by atoms with Gasteiger partial charge in [-0.25, -0.2) is 9.36 Å². The lowest BCUT2D eigenvalue weighted by atomic mass is 10.1. The summed E-state index contributed by atoms with van der Waals surface area (Å²) in [5, 5.41) is 10.8. The number of ether oxygens (including phenoxy) is 2. The Hall–Kier alpha value is -3.12. The van der Waals surface area contributed by atoms with Gasteiger partial charge in [-0.15, -0.1) is 10.2 Å². The van der Waals surface area contributed by atoms with E-state index in [1.807, 2.05) is 19.9 Å². The van der Waals surface area contributed by atoms with E-state index in [9.17, 15) is 9.59 Å². The molecular weight excluding hydrogens is 734 g/mol. The predicted octanol–water partition coefficient (Wildman–Crippen LogP) is 8.97. The second-order valence-corrected chi connectivity index (χ2v) is 13.9. The van der Waals surface area contributed by atoms with Gasteiger partial charge < -0.3 is 14.4 Å². The van der Waals surface area contributed by atoms with E-state index < -0.39 is 0 Å². The van der Waals surface area contributed by atoms with Gasteiger partial charge >= 0.3 is 0 Å². The number of hydrogen-bond acceptors (Lipinski definition) is 8. The zero-order valence-electron chi connectivity index (χ0n) is 30.1. The molecule has 1 aliphatic rings. The number of likely N-dealkylation sites (N-methyl/N-ethyl adjacent to an activating group) is 1. The Kier molecular flexibility index (Phi) is 15.2. The van der Waals surface area contributed by atoms with Crippen molar-refractivity contribution in [3.8, 4) is 23.1 Å². The minimum absolute atomic E-state index is 0.0678. The van der Waals surface area contributed by atoms with Gasteiger partial charge in [-0.3, -0.25) is 14.5 Å². The van der Waals surface area contributed by atoms with Crippen LogP contribution in [0.5, 0.6) is 11.8 Å². The highest BCUT2D eigenvalue weighted by atomic mass is 35.5. The summed E-state index contributed by atoms with van der Waals surface area (Å²) in [5.74, 6) is 0.574. The maximum atomic E-state index is 12.1. The van der Waals surface area contributed by atoms with E-state index >= 15 is 0 Å². The maximum Gasteiger partial charge on any atom is 0.244 e. The fourth-order valence-corrected chi connectivity index (χ4v) is 6.55. The molecule has 1 fully saturated rings. The van der Waals surface area contributed by atoms with Gasteiger partial charge in [-0.1, -0.05) is 66.7 Å². The first-order valence-corrected chi connectivity index (χ1v) is 18.7. The number of likely N-dealkylation sites (tertiary alicyclic amines) is 1. The van der Waals surface area contributed by atoms with E-state index in [0.29, 0.717) is 61.9 Å². The lowest BCUT2D eigenvalue weighted by Gasteiger charge is -2.25. The molecule has 51 heavy (non-hydrogen) atoms. The number of hydrogen-bond donors (Lipinski definition) is 0. The molecule has 10 nitrogen and oxygen atoms in total. The van der Waals surface area contributed by atoms with Crippen molar-refractivity contribution >= 4 is 58.0 Å². The second kappa shape index (κ2) is 19.1. The van der Waals surface area contributed by atoms with Crippen molar-refractivity contribution in [1.82, 2.24) is 29.4 Å². The van der Waals surface area contributed by atoms with Crippen molar-refractivity contribution in [2.24, 2.45) is 0 Å². The molecule has 5 rings (SSSR count). The van der Waals surface area contributed by atoms with Crippen LogP contribution in [0.15, 0.2) is 36.4 Å². The molecule has 3 heterocycles. The van der Waals surface area contributed by atoms with Crippen molar-refractivity contribution < 1.29 is 19.1 Å². The van der Waals surface area contributed by atoms with E-state index in [-0.39, 0.29) is 11.6 Å². The molecule has 0 saturated carbocycles. The smallest absolute Gasteiger partial charge is 0.244 e. The van der Waals surface area contributed by atoms with Crippen LogP contribution in [0.1, 0.15) is 79.1 Å². The van der Waals surface area contributed by atoms with Gasteiger partial charge in [0, 0.05) is 13.1 Å². The zero-order valence-corrected chi connectivity index (χ0v) is 33.1. The number of carbonyl (C=O) groups is 2. The number of halogens is 4. The van der Waals surface area contributed by atoms with Gasteiger partial charge in [0.05, 0.1) is 42.9 Å². The van der Waals surface area contributed by atoms with E-state index in [4.69, 9.17) is 55.9 Å². The molecule has 0 radical (unpaired) electrons. The topological polar surface area (TPSA) is 94.7 Å². The van der Waals surface area contributed by atoms with Crippen molar-refractivity contribution in [2.45, 2.75) is 60.8 Å². The van der Waals surface area contributed by atoms with Gasteiger partial charge in [-0.2, -0.15) is 0 Å². The predicted molar refractivity (Wildman–Crippen MR) is 206 cm³/mol. The van der Waals surface area contributed by atoms with Crippen molar-refractivity contribution in [3.63, 3.8) is 0 Å². The number of aromatic nitrogens is 4. The normalized spacial score (nSPS) is 13.2. The molecule has 0 spiro atoms. The van der Waals surface area contributed by atoms with E-state index in [1.165, 1.54) is 33.1 Å². The summed E-state index contributed by atoms with van der Waals surface area (Å²) >= 11 is 24.2. The van der Waals surface area contributed by atoms with Crippen molar-refractivity contribution in [3.05, 3.63) is 79.0 Å². The van der Waals surface area contributed by atoms with Crippen LogP contribution in [0.2, 0.25) is 20.1 Å². The van der Waals surface area contributed by atoms with Gasteiger partial charge in [0.2, 0.25) is 11.8 Å². The third kappa shape index (κ3) is 10.5. The average Bonchev–Trinajstić information content (AvgIpc) is 3.62. The summed E-state index contributed by atoms with van der Waals surface area (Å²) in [7, 11) is 0. The first-order chi connectivity index (χ1) is 24.4. The number of carbonyl (C=O) groups excluding carboxylic acids is 2. The fourth-order valence-electron chi connectivity index (χ4n) is 5.97. The highest BCUT2D eigenvalue weighted by Gasteiger charge is 2.23. The van der Waals surface area contributed by atoms with E-state index in [2.05, 4.69) is 33.8 Å². The molecule has 1 saturated heterocycles. The number of benzene rings is 2. The first-order valence-electron chi connectivity index (χ1n) is 17.2. The summed E-state index contributed by atoms with van der Waals surface area (Å²) in [6, 6.07) is 10.5. The summed E-state index contributed by atoms with van der Waals surface area (Å²) in [5.41, 5.74) is 3.91. The highest BCUT2D eigenvalue weighted by Crippen LogP contribution is 2.30. The van der Waals surface area contributed by atoms with E-state index in [1.54, 1.807) is 39.7 Å². The molecular formula is C37H46Cl4N6O4. The standard InChI is InChI=1S/C19H23Cl2N3O2.C18H23Cl2N3O2/c1-13-18(14(2)25)19(26-11-10-23-8-4-3-5-9-23)22-24(13)15-6-7-16(20)17(21)12-15;1-5-22(6-2)9-10-25-18-17(13(4)24)12(3)23(21-18)14-7-8-15(19)16(20)11-14/h6-7,12H,3-5,8-11H2,1-2H3;7-8,11H,5-6,9-10H2,1-4H3. The molecule has 2 aromatic heterocycles. The van der Waals surface area contributed by atoms with Crippen LogP contribution in [0, 0.1) is 13.8 Å². The molecule has 0 unspecified atom stereocenters. The quantitative estimate of drug-likeness (QED) is 0.117. The van der Waals surface area contributed by atoms with Crippen LogP contribution in [-0.2, 0) is 0 Å². The minimum atomic E-state index is -0.0818. The van der Waals surface area contributed by atoms with Crippen LogP contribution in [0.4, 0.5) is 0 Å². The summed E-state index contributed by atoms with van der Waals surface area (Å²) in [6.45, 7) is 17.7. The molecule has 276 valence electrons. The number of Topliss-reactive ketones (excluding diaryl/α,β-unsaturated/α-hetero) is 2. The SMILES string of the molecule is CC(=O)c1c(OCCN2CCCCC2)nn(-c2ccc(Cl)c(Cl)c2)c1C.CCN(CC)CCOc1nn(-c2ccc(Cl)c(Cl)c2)c(C)c1C(C)=O. The van der Waals surface area contributed by atoms with Gasteiger partial charge in [0.1, 0.15) is 24.3 Å². The number of ketones is 2. The molecule has 2 aromatic carbocycles. The van der Waals surface area contributed by atoms with Crippen molar-refractivity contribution in [1.29, 1.82) is 0 Å². The van der Waals surface area contributed by atoms with Crippen LogP contribution in [0.25, 0.3) is 11.4 Å². The molecule has 0 amide bonds. The van der Waals surface area contributed by atoms with Gasteiger partial charge in [0.15, 0.2) is 11.6 Å². The second-order valence-electron chi connectivity index (χ2n) is 12.3. The molecule has 0 bridgehead atoms. The third-order valence-corrected chi connectivity index (χ3v) is 10.3. The molecule has 4 aromatic rings. The monoisotopic (exact) mass is 778 g/mol. The van der Waals surface area contributed by atoms with Crippen molar-refractivity contribution in [2.75, 3.05) is 52.5 Å². The van der Waals surface area contributed by atoms with E-state index in [0.717, 1.165) is 56.3 Å². The van der Waals surface area contributed by atoms with Crippen LogP contribution in [-0.4, -0.2) is 93.4 Å². The summed E-state index contributed by atoms with van der Waals surface area (Å²) in [6.07, 6.45) is 3.78. The third-order valence-electron chi connectivity index (χ3n) is 8.80. The van der Waals surface area contributed by atoms with Crippen LogP contribution in [0.3, 0.4) is 0 Å². The fraction of sp³-hybridized carbons (Fsp3) is 0.459. The lowest BCUT2D eigenvalue weighted by Crippen LogP contribution is -2.33. The lowest BCUT2D eigenvalue weighted by molar-refractivity contribution is 0.0998. The Morgan fingerprint density at radius 1 is 0.706 bits per heavy atom. The molecule has 0 atom stereocenters. The maximum absolute atomic E-state index is 12.1.